The average molecular weight is 368 g/mol. The number of anilines is 3. The largest absolute Gasteiger partial charge is 0.495 e. The van der Waals surface area contributed by atoms with Gasteiger partial charge in [0.1, 0.15) is 11.6 Å². The van der Waals surface area contributed by atoms with Crippen LogP contribution in [0.4, 0.5) is 17.2 Å². The van der Waals surface area contributed by atoms with Crippen LogP contribution in [-0.2, 0) is 0 Å². The number of amides is 1. The number of nitrogens with zero attached hydrogens (tertiary/aromatic N) is 1. The van der Waals surface area contributed by atoms with Crippen LogP contribution in [0.3, 0.4) is 0 Å². The summed E-state index contributed by atoms with van der Waals surface area (Å²) in [7, 11) is 1.60. The molecule has 0 saturated heterocycles. The number of para-hydroxylation sites is 2. The zero-order chi connectivity index (χ0) is 18.5. The molecule has 0 bridgehead atoms. The number of methoxy groups -OCH3 is 1. The van der Waals surface area contributed by atoms with Crippen LogP contribution in [-0.4, -0.2) is 18.0 Å². The first-order valence-electron chi connectivity index (χ1n) is 8.01. The summed E-state index contributed by atoms with van der Waals surface area (Å²) >= 11 is 6.10. The molecule has 2 N–H and O–H groups in total. The minimum Gasteiger partial charge on any atom is -0.495 e. The van der Waals surface area contributed by atoms with Crippen LogP contribution in [0.25, 0.3) is 0 Å². The predicted octanol–water partition coefficient (Wildman–Crippen LogP) is 5.05. The van der Waals surface area contributed by atoms with Gasteiger partial charge < -0.3 is 15.4 Å². The maximum Gasteiger partial charge on any atom is 0.255 e. The summed E-state index contributed by atoms with van der Waals surface area (Å²) in [5.41, 5.74) is 2.75. The molecule has 0 spiro atoms. The van der Waals surface area contributed by atoms with Gasteiger partial charge in [-0.15, -0.1) is 0 Å². The molecule has 132 valence electrons. The Balaban J connectivity index is 1.80. The number of ether oxygens (including phenoxy) is 1. The van der Waals surface area contributed by atoms with Gasteiger partial charge in [-0.2, -0.15) is 0 Å². The zero-order valence-corrected chi connectivity index (χ0v) is 15.2. The van der Waals surface area contributed by atoms with Gasteiger partial charge in [0.05, 0.1) is 12.8 Å². The molecule has 3 aromatic rings. The number of rotatable bonds is 5. The van der Waals surface area contributed by atoms with E-state index in [1.165, 1.54) is 0 Å². The van der Waals surface area contributed by atoms with Crippen molar-refractivity contribution in [3.8, 4) is 5.75 Å². The fourth-order valence-electron chi connectivity index (χ4n) is 2.46. The van der Waals surface area contributed by atoms with E-state index in [1.807, 2.05) is 37.3 Å². The second-order valence-corrected chi connectivity index (χ2v) is 6.03. The number of carbonyl (C=O) groups is 1. The van der Waals surface area contributed by atoms with E-state index in [2.05, 4.69) is 15.6 Å². The van der Waals surface area contributed by atoms with E-state index < -0.39 is 0 Å². The number of carbonyl (C=O) groups excluding carboxylic acids is 1. The van der Waals surface area contributed by atoms with Crippen LogP contribution >= 0.6 is 11.6 Å². The van der Waals surface area contributed by atoms with Gasteiger partial charge in [-0.25, -0.2) is 4.98 Å². The van der Waals surface area contributed by atoms with Crippen LogP contribution in [0.2, 0.25) is 5.02 Å². The molecule has 5 nitrogen and oxygen atoms in total. The highest BCUT2D eigenvalue weighted by Gasteiger charge is 2.11. The van der Waals surface area contributed by atoms with E-state index >= 15 is 0 Å². The van der Waals surface area contributed by atoms with Crippen molar-refractivity contribution < 1.29 is 9.53 Å². The molecule has 2 aromatic carbocycles. The molecule has 0 fully saturated rings. The molecule has 1 heterocycles. The Morgan fingerprint density at radius 2 is 1.85 bits per heavy atom. The van der Waals surface area contributed by atoms with Crippen LogP contribution in [0.15, 0.2) is 60.8 Å². The number of benzene rings is 2. The molecule has 3 rings (SSSR count). The normalized spacial score (nSPS) is 10.3. The summed E-state index contributed by atoms with van der Waals surface area (Å²) < 4.78 is 5.32. The molecular weight excluding hydrogens is 350 g/mol. The minimum atomic E-state index is -0.235. The summed E-state index contributed by atoms with van der Waals surface area (Å²) in [5.74, 6) is 1.00. The molecule has 0 aliphatic rings. The Bertz CT molecular complexity index is 944. The smallest absolute Gasteiger partial charge is 0.255 e. The van der Waals surface area contributed by atoms with Crippen molar-refractivity contribution in [3.63, 3.8) is 0 Å². The lowest BCUT2D eigenvalue weighted by molar-refractivity contribution is 0.102. The molecule has 0 atom stereocenters. The Kier molecular flexibility index (Phi) is 5.39. The SMILES string of the molecule is COc1ccccc1Nc1cc(C(=O)Nc2cccc(Cl)c2C)ccn1. The van der Waals surface area contributed by atoms with E-state index in [4.69, 9.17) is 16.3 Å². The van der Waals surface area contributed by atoms with Gasteiger partial charge in [-0.05, 0) is 48.9 Å². The molecule has 1 amide bonds. The Morgan fingerprint density at radius 1 is 1.08 bits per heavy atom. The van der Waals surface area contributed by atoms with E-state index in [0.717, 1.165) is 11.3 Å². The molecule has 0 aliphatic carbocycles. The van der Waals surface area contributed by atoms with E-state index in [-0.39, 0.29) is 5.91 Å². The lowest BCUT2D eigenvalue weighted by atomic mass is 10.2. The topological polar surface area (TPSA) is 63.2 Å². The van der Waals surface area contributed by atoms with E-state index in [1.54, 1.807) is 37.6 Å². The maximum atomic E-state index is 12.6. The highest BCUT2D eigenvalue weighted by atomic mass is 35.5. The van der Waals surface area contributed by atoms with Crippen molar-refractivity contribution in [2.24, 2.45) is 0 Å². The van der Waals surface area contributed by atoms with Crippen molar-refractivity contribution >= 4 is 34.7 Å². The Hall–Kier alpha value is -3.05. The highest BCUT2D eigenvalue weighted by Crippen LogP contribution is 2.27. The summed E-state index contributed by atoms with van der Waals surface area (Å²) in [6.45, 7) is 1.86. The number of hydrogen-bond acceptors (Lipinski definition) is 4. The second-order valence-electron chi connectivity index (χ2n) is 5.62. The third-order valence-electron chi connectivity index (χ3n) is 3.91. The van der Waals surface area contributed by atoms with Gasteiger partial charge in [0, 0.05) is 22.5 Å². The molecule has 6 heteroatoms. The fourth-order valence-corrected chi connectivity index (χ4v) is 2.64. The van der Waals surface area contributed by atoms with Gasteiger partial charge >= 0.3 is 0 Å². The number of hydrogen-bond donors (Lipinski definition) is 2. The molecule has 0 aliphatic heterocycles. The molecule has 1 aromatic heterocycles. The second kappa shape index (κ2) is 7.89. The third kappa shape index (κ3) is 3.95. The van der Waals surface area contributed by atoms with Gasteiger partial charge in [0.15, 0.2) is 0 Å². The summed E-state index contributed by atoms with van der Waals surface area (Å²) in [5, 5.41) is 6.65. The summed E-state index contributed by atoms with van der Waals surface area (Å²) in [6.07, 6.45) is 1.58. The highest BCUT2D eigenvalue weighted by molar-refractivity contribution is 6.31. The van der Waals surface area contributed by atoms with Crippen LogP contribution in [0.1, 0.15) is 15.9 Å². The van der Waals surface area contributed by atoms with Crippen molar-refractivity contribution in [1.29, 1.82) is 0 Å². The molecule has 0 saturated carbocycles. The van der Waals surface area contributed by atoms with Crippen molar-refractivity contribution in [2.45, 2.75) is 6.92 Å². The third-order valence-corrected chi connectivity index (χ3v) is 4.32. The van der Waals surface area contributed by atoms with Crippen molar-refractivity contribution in [3.05, 3.63) is 76.9 Å². The lowest BCUT2D eigenvalue weighted by Gasteiger charge is -2.12. The van der Waals surface area contributed by atoms with E-state index in [9.17, 15) is 4.79 Å². The summed E-state index contributed by atoms with van der Waals surface area (Å²) in [4.78, 5) is 16.8. The van der Waals surface area contributed by atoms with E-state index in [0.29, 0.717) is 27.8 Å². The Labute approximate surface area is 157 Å². The lowest BCUT2D eigenvalue weighted by Crippen LogP contribution is -2.13. The average Bonchev–Trinajstić information content (AvgIpc) is 2.66. The summed E-state index contributed by atoms with van der Waals surface area (Å²) in [6, 6.07) is 16.2. The number of halogens is 1. The quantitative estimate of drug-likeness (QED) is 0.662. The van der Waals surface area contributed by atoms with Crippen LogP contribution in [0, 0.1) is 6.92 Å². The number of aromatic nitrogens is 1. The van der Waals surface area contributed by atoms with Gasteiger partial charge in [-0.1, -0.05) is 29.8 Å². The minimum absolute atomic E-state index is 0.235. The maximum absolute atomic E-state index is 12.6. The first-order valence-corrected chi connectivity index (χ1v) is 8.39. The Morgan fingerprint density at radius 3 is 2.65 bits per heavy atom. The van der Waals surface area contributed by atoms with Gasteiger partial charge in [-0.3, -0.25) is 4.79 Å². The molecular formula is C20H18ClN3O2. The zero-order valence-electron chi connectivity index (χ0n) is 14.4. The molecule has 0 unspecified atom stereocenters. The van der Waals surface area contributed by atoms with Gasteiger partial charge in [0.2, 0.25) is 0 Å². The van der Waals surface area contributed by atoms with Crippen LogP contribution in [0.5, 0.6) is 5.75 Å². The standard InChI is InChI=1S/C20H18ClN3O2/c1-13-15(21)6-5-8-16(13)24-20(25)14-10-11-22-19(12-14)23-17-7-3-4-9-18(17)26-2/h3-12H,1-2H3,(H,22,23)(H,24,25). The number of pyridine rings is 1. The molecule has 26 heavy (non-hydrogen) atoms. The first-order chi connectivity index (χ1) is 12.6. The van der Waals surface area contributed by atoms with Gasteiger partial charge in [0.25, 0.3) is 5.91 Å². The first kappa shape index (κ1) is 17.8. The number of nitrogens with one attached hydrogen (secondary N) is 2. The molecule has 0 radical (unpaired) electrons. The fraction of sp³-hybridized carbons (Fsp3) is 0.100. The van der Waals surface area contributed by atoms with Crippen LogP contribution < -0.4 is 15.4 Å². The van der Waals surface area contributed by atoms with Crippen molar-refractivity contribution in [1.82, 2.24) is 4.98 Å². The van der Waals surface area contributed by atoms with Crippen molar-refractivity contribution in [2.75, 3.05) is 17.7 Å². The monoisotopic (exact) mass is 367 g/mol. The predicted molar refractivity (Wildman–Crippen MR) is 105 cm³/mol.